The van der Waals surface area contributed by atoms with Gasteiger partial charge in [0.25, 0.3) is 11.8 Å². The molecule has 2 amide bonds. The first-order chi connectivity index (χ1) is 13.4. The summed E-state index contributed by atoms with van der Waals surface area (Å²) in [4.78, 5) is 38.1. The Balaban J connectivity index is 1.80. The van der Waals surface area contributed by atoms with Crippen molar-refractivity contribution in [1.29, 1.82) is 0 Å². The summed E-state index contributed by atoms with van der Waals surface area (Å²) in [5.41, 5.74) is 1.51. The summed E-state index contributed by atoms with van der Waals surface area (Å²) in [7, 11) is 0. The number of benzene rings is 2. The van der Waals surface area contributed by atoms with Crippen LogP contribution in [0.4, 0.5) is 10.1 Å². The van der Waals surface area contributed by atoms with Crippen molar-refractivity contribution in [3.8, 4) is 0 Å². The molecule has 0 aliphatic carbocycles. The van der Waals surface area contributed by atoms with E-state index >= 15 is 0 Å². The van der Waals surface area contributed by atoms with E-state index in [2.05, 4.69) is 5.32 Å². The molecule has 0 spiro atoms. The van der Waals surface area contributed by atoms with Gasteiger partial charge in [-0.2, -0.15) is 0 Å². The number of halogens is 1. The van der Waals surface area contributed by atoms with Gasteiger partial charge in [0.15, 0.2) is 0 Å². The van der Waals surface area contributed by atoms with E-state index in [1.165, 1.54) is 23.1 Å². The van der Waals surface area contributed by atoms with Gasteiger partial charge in [0.05, 0.1) is 0 Å². The Hall–Kier alpha value is -3.22. The number of amides is 2. The maximum absolute atomic E-state index is 13.4. The largest absolute Gasteiger partial charge is 0.480 e. The number of anilines is 1. The van der Waals surface area contributed by atoms with Crippen molar-refractivity contribution in [2.24, 2.45) is 0 Å². The predicted octanol–water partition coefficient (Wildman–Crippen LogP) is 3.47. The van der Waals surface area contributed by atoms with E-state index in [9.17, 15) is 23.9 Å². The minimum absolute atomic E-state index is 0.207. The van der Waals surface area contributed by atoms with Crippen LogP contribution in [0.3, 0.4) is 0 Å². The van der Waals surface area contributed by atoms with Gasteiger partial charge in [-0.25, -0.2) is 9.18 Å². The average molecular weight is 384 g/mol. The standard InChI is InChI=1S/C21H21FN2O4/c1-13-8-9-15(22)12-17(13)19(25)23-16-6-4-5-14(11-16)20(26)24-10-3-2-7-18(24)21(27)28/h4-6,8-9,11-12,18H,2-3,7,10H2,1H3,(H,23,25)(H,27,28). The smallest absolute Gasteiger partial charge is 0.326 e. The fourth-order valence-electron chi connectivity index (χ4n) is 3.36. The number of likely N-dealkylation sites (tertiary alicyclic amines) is 1. The van der Waals surface area contributed by atoms with Gasteiger partial charge in [0.2, 0.25) is 0 Å². The van der Waals surface area contributed by atoms with Gasteiger partial charge >= 0.3 is 5.97 Å². The molecule has 1 saturated heterocycles. The van der Waals surface area contributed by atoms with E-state index in [4.69, 9.17) is 0 Å². The molecule has 0 radical (unpaired) electrons. The Labute approximate surface area is 162 Å². The third-order valence-corrected chi connectivity index (χ3v) is 4.86. The molecule has 2 aromatic carbocycles. The van der Waals surface area contributed by atoms with Crippen molar-refractivity contribution >= 4 is 23.5 Å². The molecule has 0 bridgehead atoms. The zero-order chi connectivity index (χ0) is 20.3. The Kier molecular flexibility index (Phi) is 5.73. The topological polar surface area (TPSA) is 86.7 Å². The molecule has 28 heavy (non-hydrogen) atoms. The highest BCUT2D eigenvalue weighted by Crippen LogP contribution is 2.22. The van der Waals surface area contributed by atoms with E-state index in [1.54, 1.807) is 25.1 Å². The van der Waals surface area contributed by atoms with Crippen molar-refractivity contribution in [3.63, 3.8) is 0 Å². The monoisotopic (exact) mass is 384 g/mol. The number of rotatable bonds is 4. The number of carboxylic acids is 1. The molecule has 1 aliphatic rings. The number of nitrogens with one attached hydrogen (secondary N) is 1. The first-order valence-electron chi connectivity index (χ1n) is 9.08. The number of nitrogens with zero attached hydrogens (tertiary/aromatic N) is 1. The lowest BCUT2D eigenvalue weighted by Crippen LogP contribution is -2.48. The summed E-state index contributed by atoms with van der Waals surface area (Å²) in [5, 5.41) is 12.0. The summed E-state index contributed by atoms with van der Waals surface area (Å²) >= 11 is 0. The summed E-state index contributed by atoms with van der Waals surface area (Å²) in [6.07, 6.45) is 1.95. The second-order valence-corrected chi connectivity index (χ2v) is 6.84. The highest BCUT2D eigenvalue weighted by Gasteiger charge is 2.32. The van der Waals surface area contributed by atoms with E-state index in [0.717, 1.165) is 18.9 Å². The van der Waals surface area contributed by atoms with E-state index < -0.39 is 23.7 Å². The second kappa shape index (κ2) is 8.21. The minimum Gasteiger partial charge on any atom is -0.480 e. The molecule has 1 atom stereocenters. The number of carbonyl (C=O) groups is 3. The van der Waals surface area contributed by atoms with Gasteiger partial charge in [0.1, 0.15) is 11.9 Å². The molecular weight excluding hydrogens is 363 g/mol. The van der Waals surface area contributed by atoms with Crippen LogP contribution in [0.5, 0.6) is 0 Å². The van der Waals surface area contributed by atoms with Crippen LogP contribution in [0.2, 0.25) is 0 Å². The van der Waals surface area contributed by atoms with Crippen molar-refractivity contribution in [3.05, 3.63) is 65.0 Å². The summed E-state index contributed by atoms with van der Waals surface area (Å²) in [6.45, 7) is 2.09. The number of aliphatic carboxylic acids is 1. The Bertz CT molecular complexity index is 928. The van der Waals surface area contributed by atoms with Crippen LogP contribution in [-0.4, -0.2) is 40.4 Å². The van der Waals surface area contributed by atoms with E-state index in [0.29, 0.717) is 29.8 Å². The number of aryl methyl sites for hydroxylation is 1. The Morgan fingerprint density at radius 2 is 1.93 bits per heavy atom. The maximum Gasteiger partial charge on any atom is 0.326 e. The molecule has 0 saturated carbocycles. The number of hydrogen-bond donors (Lipinski definition) is 2. The summed E-state index contributed by atoms with van der Waals surface area (Å²) < 4.78 is 13.4. The predicted molar refractivity (Wildman–Crippen MR) is 102 cm³/mol. The third-order valence-electron chi connectivity index (χ3n) is 4.86. The molecule has 2 N–H and O–H groups in total. The lowest BCUT2D eigenvalue weighted by atomic mass is 10.0. The average Bonchev–Trinajstić information content (AvgIpc) is 2.69. The van der Waals surface area contributed by atoms with Crippen LogP contribution in [-0.2, 0) is 4.79 Å². The minimum atomic E-state index is -1.01. The van der Waals surface area contributed by atoms with Gasteiger partial charge in [-0.05, 0) is 62.1 Å². The van der Waals surface area contributed by atoms with Crippen molar-refractivity contribution < 1.29 is 23.9 Å². The van der Waals surface area contributed by atoms with Gasteiger partial charge in [-0.15, -0.1) is 0 Å². The molecule has 1 fully saturated rings. The Morgan fingerprint density at radius 3 is 2.68 bits per heavy atom. The molecule has 1 unspecified atom stereocenters. The van der Waals surface area contributed by atoms with E-state index in [-0.39, 0.29) is 11.5 Å². The maximum atomic E-state index is 13.4. The zero-order valence-corrected chi connectivity index (χ0v) is 15.4. The van der Waals surface area contributed by atoms with Gasteiger partial charge in [-0.1, -0.05) is 12.1 Å². The molecule has 146 valence electrons. The van der Waals surface area contributed by atoms with Crippen LogP contribution < -0.4 is 5.32 Å². The molecule has 1 heterocycles. The first kappa shape index (κ1) is 19.5. The molecule has 7 heteroatoms. The number of carbonyl (C=O) groups excluding carboxylic acids is 2. The quantitative estimate of drug-likeness (QED) is 0.845. The van der Waals surface area contributed by atoms with E-state index in [1.807, 2.05) is 0 Å². The SMILES string of the molecule is Cc1ccc(F)cc1C(=O)Nc1cccc(C(=O)N2CCCCC2C(=O)O)c1. The first-order valence-corrected chi connectivity index (χ1v) is 9.08. The lowest BCUT2D eigenvalue weighted by molar-refractivity contribution is -0.143. The van der Waals surface area contributed by atoms with Gasteiger partial charge in [-0.3, -0.25) is 9.59 Å². The number of carboxylic acid groups (broad SMARTS) is 1. The normalized spacial score (nSPS) is 16.5. The molecule has 3 rings (SSSR count). The van der Waals surface area contributed by atoms with Crippen LogP contribution in [0.1, 0.15) is 45.5 Å². The molecule has 2 aromatic rings. The summed E-state index contributed by atoms with van der Waals surface area (Å²) in [5.74, 6) is -2.39. The van der Waals surface area contributed by atoms with Crippen molar-refractivity contribution in [2.45, 2.75) is 32.2 Å². The fraction of sp³-hybridized carbons (Fsp3) is 0.286. The summed E-state index contributed by atoms with van der Waals surface area (Å²) in [6, 6.07) is 9.44. The second-order valence-electron chi connectivity index (χ2n) is 6.84. The number of piperidine rings is 1. The highest BCUT2D eigenvalue weighted by molar-refractivity contribution is 6.06. The Morgan fingerprint density at radius 1 is 1.14 bits per heavy atom. The van der Waals surface area contributed by atoms with Crippen LogP contribution in [0, 0.1) is 12.7 Å². The lowest BCUT2D eigenvalue weighted by Gasteiger charge is -2.33. The zero-order valence-electron chi connectivity index (χ0n) is 15.4. The number of hydrogen-bond acceptors (Lipinski definition) is 3. The van der Waals surface area contributed by atoms with Crippen LogP contribution in [0.25, 0.3) is 0 Å². The third kappa shape index (κ3) is 4.19. The molecule has 6 nitrogen and oxygen atoms in total. The van der Waals surface area contributed by atoms with Crippen molar-refractivity contribution in [1.82, 2.24) is 4.90 Å². The van der Waals surface area contributed by atoms with Gasteiger partial charge in [0, 0.05) is 23.4 Å². The molecule has 1 aliphatic heterocycles. The fourth-order valence-corrected chi connectivity index (χ4v) is 3.36. The molecule has 0 aromatic heterocycles. The van der Waals surface area contributed by atoms with Crippen LogP contribution in [0.15, 0.2) is 42.5 Å². The van der Waals surface area contributed by atoms with Crippen molar-refractivity contribution in [2.75, 3.05) is 11.9 Å². The molecular formula is C21H21FN2O4. The highest BCUT2D eigenvalue weighted by atomic mass is 19.1. The van der Waals surface area contributed by atoms with Gasteiger partial charge < -0.3 is 15.3 Å². The van der Waals surface area contributed by atoms with Crippen LogP contribution >= 0.6 is 0 Å².